The first-order valence-electron chi connectivity index (χ1n) is 10.1. The Kier molecular flexibility index (Phi) is 7.25. The molecule has 3 rings (SSSR count). The summed E-state index contributed by atoms with van der Waals surface area (Å²) in [7, 11) is 0. The standard InChI is InChI=1S/C22H30F2O3/c1-3-18-9-7-16(13-26-18)15-5-10-19(11-6-15)27-14-17-8-12-20(25-4-2)22(24)21(17)23/h3,8,12,15-16,18-19H,1,4-7,9-11,13-14H2,2H3. The van der Waals surface area contributed by atoms with Gasteiger partial charge in [0.15, 0.2) is 11.6 Å². The van der Waals surface area contributed by atoms with Gasteiger partial charge in [0.05, 0.1) is 32.0 Å². The highest BCUT2D eigenvalue weighted by atomic mass is 19.2. The second-order valence-corrected chi connectivity index (χ2v) is 7.58. The molecular formula is C22H30F2O3. The van der Waals surface area contributed by atoms with Gasteiger partial charge in [-0.2, -0.15) is 4.39 Å². The van der Waals surface area contributed by atoms with Crippen molar-refractivity contribution < 1.29 is 23.0 Å². The lowest BCUT2D eigenvalue weighted by Gasteiger charge is -2.37. The average Bonchev–Trinajstić information content (AvgIpc) is 2.71. The van der Waals surface area contributed by atoms with Crippen LogP contribution in [0.4, 0.5) is 8.78 Å². The lowest BCUT2D eigenvalue weighted by Crippen LogP contribution is -2.33. The highest BCUT2D eigenvalue weighted by Gasteiger charge is 2.31. The quantitative estimate of drug-likeness (QED) is 0.591. The van der Waals surface area contributed by atoms with Crippen molar-refractivity contribution >= 4 is 0 Å². The van der Waals surface area contributed by atoms with Gasteiger partial charge in [-0.25, -0.2) is 4.39 Å². The van der Waals surface area contributed by atoms with E-state index < -0.39 is 11.6 Å². The number of benzene rings is 1. The third-order valence-corrected chi connectivity index (χ3v) is 5.90. The molecule has 1 saturated heterocycles. The molecule has 3 nitrogen and oxygen atoms in total. The molecule has 27 heavy (non-hydrogen) atoms. The topological polar surface area (TPSA) is 27.7 Å². The molecule has 5 heteroatoms. The van der Waals surface area contributed by atoms with E-state index in [0.717, 1.165) is 38.7 Å². The van der Waals surface area contributed by atoms with Crippen LogP contribution in [0.25, 0.3) is 0 Å². The molecule has 1 saturated carbocycles. The van der Waals surface area contributed by atoms with E-state index in [9.17, 15) is 8.78 Å². The lowest BCUT2D eigenvalue weighted by atomic mass is 9.76. The fourth-order valence-corrected chi connectivity index (χ4v) is 4.23. The third-order valence-electron chi connectivity index (χ3n) is 5.90. The van der Waals surface area contributed by atoms with Crippen molar-refractivity contribution in [2.24, 2.45) is 11.8 Å². The Bertz CT molecular complexity index is 618. The first-order valence-corrected chi connectivity index (χ1v) is 10.1. The summed E-state index contributed by atoms with van der Waals surface area (Å²) >= 11 is 0. The van der Waals surface area contributed by atoms with E-state index in [1.165, 1.54) is 12.5 Å². The molecular weight excluding hydrogens is 350 g/mol. The summed E-state index contributed by atoms with van der Waals surface area (Å²) in [4.78, 5) is 0. The van der Waals surface area contributed by atoms with Crippen molar-refractivity contribution in [1.82, 2.24) is 0 Å². The van der Waals surface area contributed by atoms with E-state index >= 15 is 0 Å². The van der Waals surface area contributed by atoms with E-state index in [1.54, 1.807) is 13.0 Å². The maximum absolute atomic E-state index is 14.1. The van der Waals surface area contributed by atoms with Crippen molar-refractivity contribution in [3.05, 3.63) is 42.0 Å². The Balaban J connectivity index is 1.45. The third kappa shape index (κ3) is 5.08. The molecule has 1 heterocycles. The monoisotopic (exact) mass is 380 g/mol. The number of rotatable bonds is 7. The van der Waals surface area contributed by atoms with Crippen LogP contribution in [-0.4, -0.2) is 25.4 Å². The molecule has 0 aromatic heterocycles. The second kappa shape index (κ2) is 9.65. The molecule has 0 radical (unpaired) electrons. The van der Waals surface area contributed by atoms with Gasteiger partial charge in [0, 0.05) is 5.56 Å². The summed E-state index contributed by atoms with van der Waals surface area (Å²) in [5.74, 6) is -0.551. The fraction of sp³-hybridized carbons (Fsp3) is 0.636. The normalized spacial score (nSPS) is 28.7. The molecule has 2 atom stereocenters. The minimum Gasteiger partial charge on any atom is -0.491 e. The molecule has 2 aliphatic rings. The minimum atomic E-state index is -0.934. The Hall–Kier alpha value is -1.46. The number of ether oxygens (including phenoxy) is 3. The smallest absolute Gasteiger partial charge is 0.200 e. The van der Waals surface area contributed by atoms with E-state index in [4.69, 9.17) is 14.2 Å². The molecule has 150 valence electrons. The van der Waals surface area contributed by atoms with E-state index in [-0.39, 0.29) is 30.1 Å². The molecule has 1 aliphatic heterocycles. The van der Waals surface area contributed by atoms with Crippen molar-refractivity contribution in [3.63, 3.8) is 0 Å². The zero-order chi connectivity index (χ0) is 19.2. The van der Waals surface area contributed by atoms with Crippen LogP contribution >= 0.6 is 0 Å². The van der Waals surface area contributed by atoms with Gasteiger partial charge in [-0.1, -0.05) is 6.08 Å². The van der Waals surface area contributed by atoms with Gasteiger partial charge in [-0.15, -0.1) is 6.58 Å². The zero-order valence-corrected chi connectivity index (χ0v) is 16.1. The number of halogens is 2. The maximum atomic E-state index is 14.1. The van der Waals surface area contributed by atoms with Crippen molar-refractivity contribution in [3.8, 4) is 5.75 Å². The summed E-state index contributed by atoms with van der Waals surface area (Å²) in [6, 6.07) is 3.02. The van der Waals surface area contributed by atoms with Crippen LogP contribution in [0.5, 0.6) is 5.75 Å². The van der Waals surface area contributed by atoms with Gasteiger partial charge in [0.25, 0.3) is 0 Å². The van der Waals surface area contributed by atoms with Crippen molar-refractivity contribution in [1.29, 1.82) is 0 Å². The van der Waals surface area contributed by atoms with Crippen LogP contribution in [0, 0.1) is 23.5 Å². The predicted molar refractivity (Wildman–Crippen MR) is 101 cm³/mol. The summed E-state index contributed by atoms with van der Waals surface area (Å²) in [6.45, 7) is 6.76. The van der Waals surface area contributed by atoms with Crippen LogP contribution in [0.2, 0.25) is 0 Å². The van der Waals surface area contributed by atoms with Crippen molar-refractivity contribution in [2.45, 2.75) is 64.3 Å². The van der Waals surface area contributed by atoms with Gasteiger partial charge >= 0.3 is 0 Å². The summed E-state index contributed by atoms with van der Waals surface area (Å²) < 4.78 is 44.9. The zero-order valence-electron chi connectivity index (χ0n) is 16.1. The van der Waals surface area contributed by atoms with E-state index in [0.29, 0.717) is 18.4 Å². The SMILES string of the molecule is C=CC1CCC(C2CCC(OCc3ccc(OCC)c(F)c3F)CC2)CO1. The molecule has 2 unspecified atom stereocenters. The molecule has 0 bridgehead atoms. The Labute approximate surface area is 160 Å². The Morgan fingerprint density at radius 3 is 2.44 bits per heavy atom. The highest BCUT2D eigenvalue weighted by Crippen LogP contribution is 2.37. The summed E-state index contributed by atoms with van der Waals surface area (Å²) in [5, 5.41) is 0. The first kappa shape index (κ1) is 20.3. The van der Waals surface area contributed by atoms with Gasteiger partial charge < -0.3 is 14.2 Å². The average molecular weight is 380 g/mol. The molecule has 1 aromatic rings. The summed E-state index contributed by atoms with van der Waals surface area (Å²) in [6.07, 6.45) is 8.63. The van der Waals surface area contributed by atoms with Crippen LogP contribution in [0.3, 0.4) is 0 Å². The number of hydrogen-bond acceptors (Lipinski definition) is 3. The molecule has 0 spiro atoms. The Morgan fingerprint density at radius 1 is 1.07 bits per heavy atom. The van der Waals surface area contributed by atoms with Crippen molar-refractivity contribution in [2.75, 3.05) is 13.2 Å². The first-order chi connectivity index (χ1) is 13.1. The predicted octanol–water partition coefficient (Wildman–Crippen LogP) is 5.42. The minimum absolute atomic E-state index is 0.0485. The van der Waals surface area contributed by atoms with E-state index in [2.05, 4.69) is 6.58 Å². The second-order valence-electron chi connectivity index (χ2n) is 7.58. The summed E-state index contributed by atoms with van der Waals surface area (Å²) in [5.41, 5.74) is 0.245. The maximum Gasteiger partial charge on any atom is 0.200 e. The number of hydrogen-bond donors (Lipinski definition) is 0. The molecule has 1 aromatic carbocycles. The molecule has 0 amide bonds. The molecule has 0 N–H and O–H groups in total. The lowest BCUT2D eigenvalue weighted by molar-refractivity contribution is -0.0370. The van der Waals surface area contributed by atoms with E-state index in [1.807, 2.05) is 6.08 Å². The van der Waals surface area contributed by atoms with Gasteiger partial charge in [0.1, 0.15) is 0 Å². The molecule has 2 fully saturated rings. The highest BCUT2D eigenvalue weighted by molar-refractivity contribution is 5.30. The largest absolute Gasteiger partial charge is 0.491 e. The molecule has 1 aliphatic carbocycles. The van der Waals surface area contributed by atoms with Gasteiger partial charge in [-0.3, -0.25) is 0 Å². The van der Waals surface area contributed by atoms with Gasteiger partial charge in [-0.05, 0) is 69.4 Å². The van der Waals surface area contributed by atoms with Gasteiger partial charge in [0.2, 0.25) is 5.82 Å². The van der Waals surface area contributed by atoms with Crippen LogP contribution in [0.15, 0.2) is 24.8 Å². The van der Waals surface area contributed by atoms with Crippen LogP contribution < -0.4 is 4.74 Å². The van der Waals surface area contributed by atoms with Crippen LogP contribution in [-0.2, 0) is 16.1 Å². The fourth-order valence-electron chi connectivity index (χ4n) is 4.23. The van der Waals surface area contributed by atoms with Crippen LogP contribution in [0.1, 0.15) is 51.0 Å². The Morgan fingerprint density at radius 2 is 1.81 bits per heavy atom.